The van der Waals surface area contributed by atoms with Crippen LogP contribution in [-0.4, -0.2) is 23.1 Å². The molecular formula is C16H18N4O6. The fraction of sp³-hybridized carbons (Fsp3) is 0.250. The van der Waals surface area contributed by atoms with Crippen molar-refractivity contribution in [3.05, 3.63) is 56.6 Å². The largest absolute Gasteiger partial charge is 0.491 e. The number of rotatable bonds is 9. The minimum Gasteiger partial charge on any atom is -0.491 e. The summed E-state index contributed by atoms with van der Waals surface area (Å²) in [4.78, 5) is 20.5. The second kappa shape index (κ2) is 8.51. The molecule has 0 amide bonds. The van der Waals surface area contributed by atoms with E-state index in [1.807, 2.05) is 0 Å². The molecule has 0 radical (unpaired) electrons. The number of ether oxygens (including phenoxy) is 2. The van der Waals surface area contributed by atoms with E-state index in [4.69, 9.17) is 20.9 Å². The van der Waals surface area contributed by atoms with Crippen molar-refractivity contribution in [2.45, 2.75) is 12.8 Å². The third-order valence-corrected chi connectivity index (χ3v) is 3.53. The summed E-state index contributed by atoms with van der Waals surface area (Å²) >= 11 is 0. The summed E-state index contributed by atoms with van der Waals surface area (Å²) in [5.74, 6) is 0.506. The lowest BCUT2D eigenvalue weighted by Crippen LogP contribution is -2.06. The lowest BCUT2D eigenvalue weighted by Gasteiger charge is -2.10. The van der Waals surface area contributed by atoms with Crippen LogP contribution in [0, 0.1) is 20.2 Å². The topological polar surface area (TPSA) is 157 Å². The molecule has 0 aliphatic heterocycles. The van der Waals surface area contributed by atoms with Gasteiger partial charge >= 0.3 is 0 Å². The molecule has 0 aromatic heterocycles. The van der Waals surface area contributed by atoms with E-state index in [0.29, 0.717) is 26.1 Å². The summed E-state index contributed by atoms with van der Waals surface area (Å²) in [5.41, 5.74) is 11.0. The van der Waals surface area contributed by atoms with Gasteiger partial charge in [-0.05, 0) is 25.0 Å². The van der Waals surface area contributed by atoms with Crippen LogP contribution in [0.1, 0.15) is 12.8 Å². The molecule has 0 saturated carbocycles. The van der Waals surface area contributed by atoms with Gasteiger partial charge in [0.1, 0.15) is 11.5 Å². The van der Waals surface area contributed by atoms with E-state index < -0.39 is 9.85 Å². The molecule has 2 rings (SSSR count). The molecule has 0 fully saturated rings. The standard InChI is InChI=1S/C16H18N4O6/c17-15-11(19(21)22)5-3-7-13(15)25-9-1-2-10-26-14-8-4-6-12(16(14)18)20(23)24/h3-8H,1-2,9-10,17-18H2. The first-order chi connectivity index (χ1) is 12.4. The maximum Gasteiger partial charge on any atom is 0.295 e. The molecule has 0 heterocycles. The van der Waals surface area contributed by atoms with Crippen molar-refractivity contribution in [2.24, 2.45) is 0 Å². The number of para-hydroxylation sites is 2. The summed E-state index contributed by atoms with van der Waals surface area (Å²) in [6.45, 7) is 0.582. The molecule has 0 atom stereocenters. The van der Waals surface area contributed by atoms with Crippen LogP contribution in [0.2, 0.25) is 0 Å². The molecule has 0 aliphatic carbocycles. The Balaban J connectivity index is 1.79. The summed E-state index contributed by atoms with van der Waals surface area (Å²) in [6.07, 6.45) is 1.19. The Morgan fingerprint density at radius 2 is 1.15 bits per heavy atom. The third kappa shape index (κ3) is 4.50. The van der Waals surface area contributed by atoms with Crippen molar-refractivity contribution in [2.75, 3.05) is 24.7 Å². The maximum absolute atomic E-state index is 10.8. The molecule has 10 nitrogen and oxygen atoms in total. The minimum atomic E-state index is -0.570. The molecule has 4 N–H and O–H groups in total. The quantitative estimate of drug-likeness (QED) is 0.298. The second-order valence-electron chi connectivity index (χ2n) is 5.30. The highest BCUT2D eigenvalue weighted by Crippen LogP contribution is 2.32. The van der Waals surface area contributed by atoms with Gasteiger partial charge < -0.3 is 20.9 Å². The number of nitrogens with zero attached hydrogens (tertiary/aromatic N) is 2. The number of benzene rings is 2. The van der Waals surface area contributed by atoms with Crippen molar-refractivity contribution in [3.63, 3.8) is 0 Å². The zero-order valence-corrected chi connectivity index (χ0v) is 13.8. The number of nitro benzene ring substituents is 2. The molecule has 0 aliphatic rings. The Bertz CT molecular complexity index is 744. The first kappa shape index (κ1) is 18.8. The first-order valence-corrected chi connectivity index (χ1v) is 7.73. The van der Waals surface area contributed by atoms with Gasteiger partial charge in [0.05, 0.1) is 23.1 Å². The van der Waals surface area contributed by atoms with Gasteiger partial charge in [-0.1, -0.05) is 12.1 Å². The molecule has 0 spiro atoms. The number of nitrogen functional groups attached to an aromatic ring is 2. The van der Waals surface area contributed by atoms with Gasteiger partial charge in [0.15, 0.2) is 11.4 Å². The van der Waals surface area contributed by atoms with Crippen LogP contribution in [0.25, 0.3) is 0 Å². The number of unbranched alkanes of at least 4 members (excludes halogenated alkanes) is 1. The Hall–Kier alpha value is -3.56. The van der Waals surface area contributed by atoms with E-state index in [0.717, 1.165) is 0 Å². The van der Waals surface area contributed by atoms with E-state index in [2.05, 4.69) is 0 Å². The summed E-state index contributed by atoms with van der Waals surface area (Å²) in [7, 11) is 0. The number of nitrogens with two attached hydrogens (primary N) is 2. The van der Waals surface area contributed by atoms with Gasteiger partial charge in [-0.3, -0.25) is 20.2 Å². The number of anilines is 2. The molecule has 0 saturated heterocycles. The molecule has 2 aromatic rings. The smallest absolute Gasteiger partial charge is 0.295 e. The number of hydrogen-bond acceptors (Lipinski definition) is 8. The van der Waals surface area contributed by atoms with E-state index in [1.165, 1.54) is 24.3 Å². The van der Waals surface area contributed by atoms with Crippen LogP contribution in [0.15, 0.2) is 36.4 Å². The first-order valence-electron chi connectivity index (χ1n) is 7.73. The van der Waals surface area contributed by atoms with E-state index in [1.54, 1.807) is 12.1 Å². The fourth-order valence-corrected chi connectivity index (χ4v) is 2.20. The van der Waals surface area contributed by atoms with Gasteiger partial charge in [0, 0.05) is 12.1 Å². The Kier molecular flexibility index (Phi) is 6.15. The van der Waals surface area contributed by atoms with Crippen molar-refractivity contribution in [1.82, 2.24) is 0 Å². The van der Waals surface area contributed by atoms with E-state index >= 15 is 0 Å². The Morgan fingerprint density at radius 3 is 1.50 bits per heavy atom. The summed E-state index contributed by atoms with van der Waals surface area (Å²) in [5, 5.41) is 21.6. The average molecular weight is 362 g/mol. The van der Waals surface area contributed by atoms with Crippen LogP contribution in [-0.2, 0) is 0 Å². The number of hydrogen-bond donors (Lipinski definition) is 2. The average Bonchev–Trinajstić information content (AvgIpc) is 2.60. The summed E-state index contributed by atoms with van der Waals surface area (Å²) < 4.78 is 10.9. The van der Waals surface area contributed by atoms with Gasteiger partial charge in [-0.25, -0.2) is 0 Å². The van der Waals surface area contributed by atoms with Crippen molar-refractivity contribution in [1.29, 1.82) is 0 Å². The lowest BCUT2D eigenvalue weighted by atomic mass is 10.2. The highest BCUT2D eigenvalue weighted by Gasteiger charge is 2.16. The highest BCUT2D eigenvalue weighted by molar-refractivity contribution is 5.67. The Morgan fingerprint density at radius 1 is 0.769 bits per heavy atom. The fourth-order valence-electron chi connectivity index (χ4n) is 2.20. The highest BCUT2D eigenvalue weighted by atomic mass is 16.6. The predicted octanol–water partition coefficient (Wildman–Crippen LogP) is 2.91. The van der Waals surface area contributed by atoms with Crippen LogP contribution in [0.5, 0.6) is 11.5 Å². The lowest BCUT2D eigenvalue weighted by molar-refractivity contribution is -0.384. The Labute approximate surface area is 148 Å². The predicted molar refractivity (Wildman–Crippen MR) is 95.2 cm³/mol. The van der Waals surface area contributed by atoms with Gasteiger partial charge in [-0.15, -0.1) is 0 Å². The maximum atomic E-state index is 10.8. The van der Waals surface area contributed by atoms with Gasteiger partial charge in [0.2, 0.25) is 0 Å². The van der Waals surface area contributed by atoms with Crippen LogP contribution >= 0.6 is 0 Å². The minimum absolute atomic E-state index is 0.0156. The zero-order chi connectivity index (χ0) is 19.1. The second-order valence-corrected chi connectivity index (χ2v) is 5.30. The summed E-state index contributed by atoms with van der Waals surface area (Å²) in [6, 6.07) is 8.72. The van der Waals surface area contributed by atoms with Crippen molar-refractivity contribution in [3.8, 4) is 11.5 Å². The van der Waals surface area contributed by atoms with Crippen molar-refractivity contribution >= 4 is 22.7 Å². The molecule has 10 heteroatoms. The van der Waals surface area contributed by atoms with E-state index in [-0.39, 0.29) is 34.2 Å². The molecule has 138 valence electrons. The van der Waals surface area contributed by atoms with Crippen LogP contribution in [0.3, 0.4) is 0 Å². The van der Waals surface area contributed by atoms with E-state index in [9.17, 15) is 20.2 Å². The van der Waals surface area contributed by atoms with Gasteiger partial charge in [-0.2, -0.15) is 0 Å². The van der Waals surface area contributed by atoms with Crippen molar-refractivity contribution < 1.29 is 19.3 Å². The molecule has 0 bridgehead atoms. The zero-order valence-electron chi connectivity index (χ0n) is 13.8. The van der Waals surface area contributed by atoms with Crippen LogP contribution < -0.4 is 20.9 Å². The molecule has 26 heavy (non-hydrogen) atoms. The number of nitro groups is 2. The molecule has 2 aromatic carbocycles. The normalized spacial score (nSPS) is 10.3. The third-order valence-electron chi connectivity index (χ3n) is 3.53. The monoisotopic (exact) mass is 362 g/mol. The SMILES string of the molecule is Nc1c(OCCCCOc2cccc([N+](=O)[O-])c2N)cccc1[N+](=O)[O-]. The van der Waals surface area contributed by atoms with Gasteiger partial charge in [0.25, 0.3) is 11.4 Å². The van der Waals surface area contributed by atoms with Crippen LogP contribution in [0.4, 0.5) is 22.7 Å². The molecular weight excluding hydrogens is 344 g/mol. The molecule has 0 unspecified atom stereocenters.